The van der Waals surface area contributed by atoms with E-state index in [1.165, 1.54) is 12.8 Å². The van der Waals surface area contributed by atoms with Crippen molar-refractivity contribution in [2.75, 3.05) is 52.4 Å². The molecule has 0 aromatic heterocycles. The van der Waals surface area contributed by atoms with E-state index in [0.29, 0.717) is 19.1 Å². The SMILES string of the molecule is CCCCCOCCOCCN(C)CCCl. The van der Waals surface area contributed by atoms with Gasteiger partial charge in [0.2, 0.25) is 0 Å². The highest BCUT2D eigenvalue weighted by Gasteiger charge is 1.96. The Morgan fingerprint density at radius 1 is 0.938 bits per heavy atom. The molecule has 0 atom stereocenters. The average molecular weight is 252 g/mol. The number of likely N-dealkylation sites (N-methyl/N-ethyl adjacent to an activating group) is 1. The lowest BCUT2D eigenvalue weighted by atomic mass is 10.3. The van der Waals surface area contributed by atoms with Gasteiger partial charge in [-0.1, -0.05) is 19.8 Å². The Morgan fingerprint density at radius 2 is 1.62 bits per heavy atom. The summed E-state index contributed by atoms with van der Waals surface area (Å²) in [6, 6.07) is 0. The zero-order valence-corrected chi connectivity index (χ0v) is 11.5. The van der Waals surface area contributed by atoms with Crippen molar-refractivity contribution in [3.63, 3.8) is 0 Å². The fraction of sp³-hybridized carbons (Fsp3) is 1.00. The van der Waals surface area contributed by atoms with Crippen LogP contribution in [-0.2, 0) is 9.47 Å². The summed E-state index contributed by atoms with van der Waals surface area (Å²) in [5.41, 5.74) is 0. The molecule has 0 rings (SSSR count). The van der Waals surface area contributed by atoms with Crippen molar-refractivity contribution in [3.05, 3.63) is 0 Å². The van der Waals surface area contributed by atoms with E-state index in [1.54, 1.807) is 0 Å². The minimum atomic E-state index is 0.678. The van der Waals surface area contributed by atoms with Gasteiger partial charge in [-0.15, -0.1) is 11.6 Å². The predicted molar refractivity (Wildman–Crippen MR) is 69.4 cm³/mol. The summed E-state index contributed by atoms with van der Waals surface area (Å²) in [7, 11) is 2.05. The summed E-state index contributed by atoms with van der Waals surface area (Å²) >= 11 is 5.62. The normalized spacial score (nSPS) is 11.2. The first-order valence-corrected chi connectivity index (χ1v) is 6.74. The molecule has 0 aliphatic heterocycles. The van der Waals surface area contributed by atoms with Crippen LogP contribution in [0.3, 0.4) is 0 Å². The number of nitrogens with zero attached hydrogens (tertiary/aromatic N) is 1. The van der Waals surface area contributed by atoms with Crippen LogP contribution in [0.2, 0.25) is 0 Å². The van der Waals surface area contributed by atoms with Gasteiger partial charge in [-0.2, -0.15) is 0 Å². The van der Waals surface area contributed by atoms with E-state index in [1.807, 2.05) is 7.05 Å². The molecule has 0 aliphatic carbocycles. The molecule has 0 spiro atoms. The van der Waals surface area contributed by atoms with Crippen LogP contribution >= 0.6 is 11.6 Å². The zero-order valence-electron chi connectivity index (χ0n) is 10.7. The Labute approximate surface area is 105 Å². The molecule has 0 saturated heterocycles. The highest BCUT2D eigenvalue weighted by molar-refractivity contribution is 6.18. The van der Waals surface area contributed by atoms with E-state index in [2.05, 4.69) is 11.8 Å². The molecular weight excluding hydrogens is 226 g/mol. The van der Waals surface area contributed by atoms with E-state index in [-0.39, 0.29) is 0 Å². The Bertz CT molecular complexity index is 136. The van der Waals surface area contributed by atoms with Gasteiger partial charge in [0.15, 0.2) is 0 Å². The Kier molecular flexibility index (Phi) is 13.4. The number of unbranched alkanes of at least 4 members (excludes halogenated alkanes) is 2. The molecule has 0 aromatic carbocycles. The number of alkyl halides is 1. The van der Waals surface area contributed by atoms with E-state index in [0.717, 1.165) is 32.7 Å². The number of rotatable bonds is 12. The largest absolute Gasteiger partial charge is 0.379 e. The maximum absolute atomic E-state index is 5.62. The molecule has 0 saturated carbocycles. The summed E-state index contributed by atoms with van der Waals surface area (Å²) in [5, 5.41) is 0. The van der Waals surface area contributed by atoms with Crippen molar-refractivity contribution in [3.8, 4) is 0 Å². The highest BCUT2D eigenvalue weighted by atomic mass is 35.5. The van der Waals surface area contributed by atoms with Gasteiger partial charge in [0.1, 0.15) is 0 Å². The van der Waals surface area contributed by atoms with Crippen molar-refractivity contribution < 1.29 is 9.47 Å². The van der Waals surface area contributed by atoms with E-state index < -0.39 is 0 Å². The highest BCUT2D eigenvalue weighted by Crippen LogP contribution is 1.93. The van der Waals surface area contributed by atoms with Crippen LogP contribution in [0.5, 0.6) is 0 Å². The number of ether oxygens (including phenoxy) is 2. The molecular formula is C12H26ClNO2. The first-order valence-electron chi connectivity index (χ1n) is 6.21. The lowest BCUT2D eigenvalue weighted by Gasteiger charge is -2.14. The Hall–Kier alpha value is 0.170. The zero-order chi connectivity index (χ0) is 12.1. The smallest absolute Gasteiger partial charge is 0.0701 e. The van der Waals surface area contributed by atoms with Crippen molar-refractivity contribution in [1.29, 1.82) is 0 Å². The summed E-state index contributed by atoms with van der Waals surface area (Å²) in [6.45, 7) is 7.07. The second-order valence-electron chi connectivity index (χ2n) is 3.92. The fourth-order valence-electron chi connectivity index (χ4n) is 1.25. The first kappa shape index (κ1) is 16.2. The minimum Gasteiger partial charge on any atom is -0.379 e. The van der Waals surface area contributed by atoms with Crippen molar-refractivity contribution in [2.24, 2.45) is 0 Å². The number of hydrogen-bond donors (Lipinski definition) is 0. The third-order valence-corrected chi connectivity index (χ3v) is 2.52. The lowest BCUT2D eigenvalue weighted by molar-refractivity contribution is 0.0402. The second-order valence-corrected chi connectivity index (χ2v) is 4.30. The molecule has 0 radical (unpaired) electrons. The van der Waals surface area contributed by atoms with Crippen molar-refractivity contribution in [2.45, 2.75) is 26.2 Å². The van der Waals surface area contributed by atoms with Gasteiger partial charge in [0.05, 0.1) is 19.8 Å². The molecule has 0 N–H and O–H groups in total. The maximum atomic E-state index is 5.62. The molecule has 0 unspecified atom stereocenters. The molecule has 0 aliphatic rings. The Morgan fingerprint density at radius 3 is 2.25 bits per heavy atom. The second kappa shape index (κ2) is 13.2. The van der Waals surface area contributed by atoms with Crippen LogP contribution in [-0.4, -0.2) is 57.3 Å². The van der Waals surface area contributed by atoms with E-state index >= 15 is 0 Å². The summed E-state index contributed by atoms with van der Waals surface area (Å²) in [6.07, 6.45) is 3.66. The van der Waals surface area contributed by atoms with Gasteiger partial charge in [0, 0.05) is 25.6 Å². The van der Waals surface area contributed by atoms with Gasteiger partial charge in [-0.25, -0.2) is 0 Å². The first-order chi connectivity index (χ1) is 7.81. The van der Waals surface area contributed by atoms with Crippen molar-refractivity contribution >= 4 is 11.6 Å². The lowest BCUT2D eigenvalue weighted by Crippen LogP contribution is -2.25. The van der Waals surface area contributed by atoms with Gasteiger partial charge >= 0.3 is 0 Å². The van der Waals surface area contributed by atoms with Crippen LogP contribution in [0.4, 0.5) is 0 Å². The number of hydrogen-bond acceptors (Lipinski definition) is 3. The molecule has 4 heteroatoms. The van der Waals surface area contributed by atoms with E-state index in [9.17, 15) is 0 Å². The quantitative estimate of drug-likeness (QED) is 0.393. The molecule has 0 amide bonds. The maximum Gasteiger partial charge on any atom is 0.0701 e. The third-order valence-electron chi connectivity index (χ3n) is 2.35. The summed E-state index contributed by atoms with van der Waals surface area (Å²) in [4.78, 5) is 2.16. The summed E-state index contributed by atoms with van der Waals surface area (Å²) in [5.74, 6) is 0.678. The van der Waals surface area contributed by atoms with Crippen LogP contribution in [0.25, 0.3) is 0 Å². The van der Waals surface area contributed by atoms with Crippen molar-refractivity contribution in [1.82, 2.24) is 4.90 Å². The van der Waals surface area contributed by atoms with Gasteiger partial charge < -0.3 is 14.4 Å². The Balaban J connectivity index is 2.98. The molecule has 3 nitrogen and oxygen atoms in total. The number of halogens is 1. The average Bonchev–Trinajstić information content (AvgIpc) is 2.27. The standard InChI is InChI=1S/C12H26ClNO2/c1-3-4-5-9-15-11-12-16-10-8-14(2)7-6-13/h3-12H2,1-2H3. The van der Waals surface area contributed by atoms with Gasteiger partial charge in [-0.3, -0.25) is 0 Å². The summed E-state index contributed by atoms with van der Waals surface area (Å²) < 4.78 is 10.9. The van der Waals surface area contributed by atoms with Crippen LogP contribution in [0.1, 0.15) is 26.2 Å². The topological polar surface area (TPSA) is 21.7 Å². The fourth-order valence-corrected chi connectivity index (χ4v) is 1.54. The molecule has 0 fully saturated rings. The molecule has 16 heavy (non-hydrogen) atoms. The molecule has 0 bridgehead atoms. The third kappa shape index (κ3) is 12.2. The predicted octanol–water partition coefficient (Wildman–Crippen LogP) is 2.38. The van der Waals surface area contributed by atoms with Crippen LogP contribution < -0.4 is 0 Å². The van der Waals surface area contributed by atoms with E-state index in [4.69, 9.17) is 21.1 Å². The van der Waals surface area contributed by atoms with Crippen LogP contribution in [0.15, 0.2) is 0 Å². The monoisotopic (exact) mass is 251 g/mol. The minimum absolute atomic E-state index is 0.678. The molecule has 0 heterocycles. The molecule has 0 aromatic rings. The van der Waals surface area contributed by atoms with Gasteiger partial charge in [-0.05, 0) is 13.5 Å². The van der Waals surface area contributed by atoms with Gasteiger partial charge in [0.25, 0.3) is 0 Å². The molecule has 98 valence electrons. The van der Waals surface area contributed by atoms with Crippen LogP contribution in [0, 0.1) is 0 Å².